The summed E-state index contributed by atoms with van der Waals surface area (Å²) in [6, 6.07) is 9.62. The average Bonchev–Trinajstić information content (AvgIpc) is 3.34. The first-order valence-electron chi connectivity index (χ1n) is 13.5. The van der Waals surface area contributed by atoms with Gasteiger partial charge in [-0.2, -0.15) is 9.97 Å². The molecule has 1 saturated heterocycles. The number of alkyl halides is 2. The van der Waals surface area contributed by atoms with Crippen LogP contribution in [0.15, 0.2) is 30.3 Å². The minimum Gasteiger partial charge on any atom is -0.378 e. The molecule has 2 aromatic heterocycles. The second-order valence-electron chi connectivity index (χ2n) is 9.88. The van der Waals surface area contributed by atoms with E-state index in [-0.39, 0.29) is 5.82 Å². The average molecular weight is 514 g/mol. The van der Waals surface area contributed by atoms with E-state index >= 15 is 0 Å². The van der Waals surface area contributed by atoms with Crippen molar-refractivity contribution in [1.82, 2.24) is 24.4 Å². The first kappa shape index (κ1) is 25.8. The molecule has 3 heterocycles. The third-order valence-corrected chi connectivity index (χ3v) is 7.74. The zero-order valence-electron chi connectivity index (χ0n) is 21.7. The van der Waals surface area contributed by atoms with Gasteiger partial charge < -0.3 is 19.9 Å². The number of hydrogen-bond acceptors (Lipinski definition) is 7. The molecule has 2 fully saturated rings. The molecule has 0 bridgehead atoms. The van der Waals surface area contributed by atoms with Gasteiger partial charge in [-0.15, -0.1) is 0 Å². The van der Waals surface area contributed by atoms with Crippen molar-refractivity contribution in [1.29, 1.82) is 0 Å². The van der Waals surface area contributed by atoms with Crippen LogP contribution >= 0.6 is 0 Å². The Morgan fingerprint density at radius 1 is 1.00 bits per heavy atom. The van der Waals surface area contributed by atoms with Crippen molar-refractivity contribution in [2.45, 2.75) is 52.0 Å². The summed E-state index contributed by atoms with van der Waals surface area (Å²) >= 11 is 0. The smallest absolute Gasteiger partial charge is 0.296 e. The molecule has 3 aromatic rings. The number of ether oxygens (including phenoxy) is 1. The third-order valence-electron chi connectivity index (χ3n) is 7.74. The van der Waals surface area contributed by atoms with E-state index in [2.05, 4.69) is 33.9 Å². The Morgan fingerprint density at radius 2 is 1.70 bits per heavy atom. The standard InChI is InChI=1S/C27H37F2N7O/c1-3-34(4-2)20-11-9-19(10-12-20)18-30-27-32-23(35-13-15-37-16-14-35)17-24(33-27)36-22-8-6-5-7-21(22)31-26(36)25(28)29/h5-8,17,19-20,25H,3-4,9-16,18H2,1-2H3,(H,30,32,33)/t19-,20-. The normalized spacial score (nSPS) is 20.8. The van der Waals surface area contributed by atoms with Crippen molar-refractivity contribution < 1.29 is 13.5 Å². The van der Waals surface area contributed by atoms with E-state index in [1.807, 2.05) is 6.07 Å². The minimum atomic E-state index is -2.73. The SMILES string of the molecule is CCN(CC)[C@H]1CC[C@H](CNc2nc(N3CCOCC3)cc(-n3c(C(F)F)nc4ccccc43)n2)CC1. The predicted molar refractivity (Wildman–Crippen MR) is 142 cm³/mol. The van der Waals surface area contributed by atoms with Crippen molar-refractivity contribution in [3.05, 3.63) is 36.2 Å². The maximum Gasteiger partial charge on any atom is 0.296 e. The summed E-state index contributed by atoms with van der Waals surface area (Å²) in [5, 5.41) is 3.45. The summed E-state index contributed by atoms with van der Waals surface area (Å²) in [6.07, 6.45) is 1.99. The van der Waals surface area contributed by atoms with Gasteiger partial charge in [0, 0.05) is 31.7 Å². The molecule has 0 spiro atoms. The van der Waals surface area contributed by atoms with Gasteiger partial charge in [-0.1, -0.05) is 26.0 Å². The van der Waals surface area contributed by atoms with Crippen LogP contribution in [0, 0.1) is 5.92 Å². The molecule has 0 unspecified atom stereocenters. The Labute approximate surface area is 217 Å². The topological polar surface area (TPSA) is 71.3 Å². The molecular weight excluding hydrogens is 476 g/mol. The molecule has 10 heteroatoms. The second-order valence-corrected chi connectivity index (χ2v) is 9.88. The summed E-state index contributed by atoms with van der Waals surface area (Å²) in [5.74, 6) is 1.79. The molecule has 1 aromatic carbocycles. The fourth-order valence-electron chi connectivity index (χ4n) is 5.69. The van der Waals surface area contributed by atoms with Gasteiger partial charge in [0.25, 0.3) is 6.43 Å². The van der Waals surface area contributed by atoms with Gasteiger partial charge in [-0.25, -0.2) is 13.8 Å². The van der Waals surface area contributed by atoms with E-state index in [0.29, 0.717) is 66.9 Å². The zero-order valence-corrected chi connectivity index (χ0v) is 21.7. The Kier molecular flexibility index (Phi) is 8.14. The Balaban J connectivity index is 1.41. The van der Waals surface area contributed by atoms with E-state index in [1.54, 1.807) is 24.3 Å². The monoisotopic (exact) mass is 513 g/mol. The Hall–Kier alpha value is -2.85. The van der Waals surface area contributed by atoms with Crippen LogP contribution in [0.25, 0.3) is 16.9 Å². The van der Waals surface area contributed by atoms with Gasteiger partial charge in [0.05, 0.1) is 24.2 Å². The van der Waals surface area contributed by atoms with Crippen LogP contribution < -0.4 is 10.2 Å². The quantitative estimate of drug-likeness (QED) is 0.436. The third kappa shape index (κ3) is 5.70. The van der Waals surface area contributed by atoms with Crippen LogP contribution in [-0.4, -0.2) is 76.4 Å². The molecule has 37 heavy (non-hydrogen) atoms. The lowest BCUT2D eigenvalue weighted by molar-refractivity contribution is 0.122. The molecule has 2 aliphatic rings. The fraction of sp³-hybridized carbons (Fsp3) is 0.593. The van der Waals surface area contributed by atoms with Gasteiger partial charge in [0.2, 0.25) is 5.95 Å². The summed E-state index contributed by atoms with van der Waals surface area (Å²) in [6.45, 7) is 10.0. The lowest BCUT2D eigenvalue weighted by atomic mass is 9.85. The molecule has 5 rings (SSSR count). The molecular formula is C27H37F2N7O. The van der Waals surface area contributed by atoms with E-state index < -0.39 is 6.43 Å². The van der Waals surface area contributed by atoms with Crippen molar-refractivity contribution in [3.63, 3.8) is 0 Å². The number of halogens is 2. The lowest BCUT2D eigenvalue weighted by Crippen LogP contribution is -2.38. The predicted octanol–water partition coefficient (Wildman–Crippen LogP) is 4.90. The van der Waals surface area contributed by atoms with Crippen LogP contribution in [0.4, 0.5) is 20.5 Å². The largest absolute Gasteiger partial charge is 0.378 e. The van der Waals surface area contributed by atoms with Crippen molar-refractivity contribution in [3.8, 4) is 5.82 Å². The second kappa shape index (κ2) is 11.7. The lowest BCUT2D eigenvalue weighted by Gasteiger charge is -2.35. The summed E-state index contributed by atoms with van der Waals surface area (Å²) in [7, 11) is 0. The number of para-hydroxylation sites is 2. The molecule has 1 saturated carbocycles. The Bertz CT molecular complexity index is 1170. The molecule has 1 aliphatic carbocycles. The first-order chi connectivity index (χ1) is 18.1. The molecule has 1 aliphatic heterocycles. The van der Waals surface area contributed by atoms with E-state index in [0.717, 1.165) is 32.5 Å². The van der Waals surface area contributed by atoms with Crippen LogP contribution in [0.1, 0.15) is 51.8 Å². The summed E-state index contributed by atoms with van der Waals surface area (Å²) in [5.41, 5.74) is 1.12. The van der Waals surface area contributed by atoms with Crippen molar-refractivity contribution in [2.75, 3.05) is 56.2 Å². The number of anilines is 2. The van der Waals surface area contributed by atoms with Gasteiger partial charge in [0.1, 0.15) is 11.6 Å². The number of nitrogens with one attached hydrogen (secondary N) is 1. The molecule has 1 N–H and O–H groups in total. The van der Waals surface area contributed by atoms with Crippen molar-refractivity contribution in [2.24, 2.45) is 5.92 Å². The Morgan fingerprint density at radius 3 is 2.41 bits per heavy atom. The highest BCUT2D eigenvalue weighted by atomic mass is 19.3. The maximum absolute atomic E-state index is 14.1. The van der Waals surface area contributed by atoms with Crippen LogP contribution in [-0.2, 0) is 4.74 Å². The summed E-state index contributed by atoms with van der Waals surface area (Å²) < 4.78 is 35.1. The molecule has 0 amide bonds. The summed E-state index contributed by atoms with van der Waals surface area (Å²) in [4.78, 5) is 18.4. The number of morpholine rings is 1. The van der Waals surface area contributed by atoms with Gasteiger partial charge >= 0.3 is 0 Å². The zero-order chi connectivity index (χ0) is 25.8. The first-order valence-corrected chi connectivity index (χ1v) is 13.5. The van der Waals surface area contributed by atoms with E-state index in [9.17, 15) is 8.78 Å². The van der Waals surface area contributed by atoms with Crippen LogP contribution in [0.3, 0.4) is 0 Å². The van der Waals surface area contributed by atoms with E-state index in [1.165, 1.54) is 17.4 Å². The van der Waals surface area contributed by atoms with Crippen LogP contribution in [0.5, 0.6) is 0 Å². The highest BCUT2D eigenvalue weighted by molar-refractivity contribution is 5.78. The minimum absolute atomic E-state index is 0.312. The number of aromatic nitrogens is 4. The van der Waals surface area contributed by atoms with E-state index in [4.69, 9.17) is 14.7 Å². The van der Waals surface area contributed by atoms with Crippen molar-refractivity contribution >= 4 is 22.8 Å². The number of hydrogen-bond donors (Lipinski definition) is 1. The fourth-order valence-corrected chi connectivity index (χ4v) is 5.69. The molecule has 0 atom stereocenters. The highest BCUT2D eigenvalue weighted by Crippen LogP contribution is 2.30. The highest BCUT2D eigenvalue weighted by Gasteiger charge is 2.26. The molecule has 200 valence electrons. The molecule has 8 nitrogen and oxygen atoms in total. The number of benzene rings is 1. The van der Waals surface area contributed by atoms with Gasteiger partial charge in [-0.05, 0) is 56.8 Å². The van der Waals surface area contributed by atoms with Gasteiger partial charge in [-0.3, -0.25) is 4.57 Å². The number of rotatable bonds is 9. The maximum atomic E-state index is 14.1. The molecule has 0 radical (unpaired) electrons. The number of nitrogens with zero attached hydrogens (tertiary/aromatic N) is 6. The number of fused-ring (bicyclic) bond motifs is 1. The number of imidazole rings is 1. The van der Waals surface area contributed by atoms with Crippen LogP contribution in [0.2, 0.25) is 0 Å². The van der Waals surface area contributed by atoms with Gasteiger partial charge in [0.15, 0.2) is 5.82 Å².